The van der Waals surface area contributed by atoms with Gasteiger partial charge in [0.15, 0.2) is 0 Å². The van der Waals surface area contributed by atoms with Crippen molar-refractivity contribution in [2.75, 3.05) is 6.61 Å². The van der Waals surface area contributed by atoms with E-state index < -0.39 is 35.1 Å². The Morgan fingerprint density at radius 3 is 2.35 bits per heavy atom. The third kappa shape index (κ3) is 1.27. The first kappa shape index (κ1) is 14.3. The van der Waals surface area contributed by atoms with Gasteiger partial charge >= 0.3 is 5.97 Å². The summed E-state index contributed by atoms with van der Waals surface area (Å²) < 4.78 is 0. The van der Waals surface area contributed by atoms with E-state index in [1.54, 1.807) is 0 Å². The molecule has 0 aliphatic heterocycles. The average molecular weight is 284 g/mol. The zero-order valence-electron chi connectivity index (χ0n) is 12.3. The van der Waals surface area contributed by atoms with Crippen molar-refractivity contribution in [2.24, 2.45) is 28.1 Å². The molecule has 0 aromatic heterocycles. The minimum absolute atomic E-state index is 0.0346. The molecule has 3 aliphatic carbocycles. The predicted octanol–water partition coefficient (Wildman–Crippen LogP) is 0.618. The molecule has 6 atom stereocenters. The standard InChI is InChI=1S/C15H24O5/c1-12(2)4-8-9(5-12)13(3)6-14(13,11(18)19)15(20,7-16)10(8)17/h8-10,16-17,20H,4-7H2,1-3H3,(H,18,19)/t8-,9+,10+,13-,14+,15-/m0/s1. The monoisotopic (exact) mass is 284 g/mol. The van der Waals surface area contributed by atoms with Gasteiger partial charge in [0.1, 0.15) is 11.0 Å². The molecule has 114 valence electrons. The van der Waals surface area contributed by atoms with Crippen LogP contribution in [0.5, 0.6) is 0 Å². The molecule has 0 saturated heterocycles. The quantitative estimate of drug-likeness (QED) is 0.596. The number of carboxylic acids is 1. The van der Waals surface area contributed by atoms with Crippen molar-refractivity contribution >= 4 is 5.97 Å². The number of fused-ring (bicyclic) bond motifs is 3. The van der Waals surface area contributed by atoms with E-state index in [1.165, 1.54) is 0 Å². The second-order valence-corrected chi connectivity index (χ2v) is 8.17. The maximum absolute atomic E-state index is 11.8. The summed E-state index contributed by atoms with van der Waals surface area (Å²) >= 11 is 0. The molecule has 0 heterocycles. The van der Waals surface area contributed by atoms with Gasteiger partial charge in [0.05, 0.1) is 12.7 Å². The molecule has 20 heavy (non-hydrogen) atoms. The Labute approximate surface area is 118 Å². The first-order valence-electron chi connectivity index (χ1n) is 7.30. The summed E-state index contributed by atoms with van der Waals surface area (Å²) in [6.07, 6.45) is 0.778. The van der Waals surface area contributed by atoms with Crippen molar-refractivity contribution in [1.29, 1.82) is 0 Å². The number of hydrogen-bond acceptors (Lipinski definition) is 4. The van der Waals surface area contributed by atoms with Gasteiger partial charge in [0.2, 0.25) is 0 Å². The first-order valence-corrected chi connectivity index (χ1v) is 7.30. The van der Waals surface area contributed by atoms with Gasteiger partial charge in [0, 0.05) is 0 Å². The molecule has 0 aromatic carbocycles. The number of rotatable bonds is 2. The van der Waals surface area contributed by atoms with Gasteiger partial charge in [-0.05, 0) is 41.9 Å². The summed E-state index contributed by atoms with van der Waals surface area (Å²) in [5, 5.41) is 40.6. The van der Waals surface area contributed by atoms with E-state index in [1.807, 2.05) is 6.92 Å². The number of aliphatic carboxylic acids is 1. The third-order valence-electron chi connectivity index (χ3n) is 6.62. The van der Waals surface area contributed by atoms with Crippen molar-refractivity contribution in [2.45, 2.75) is 51.7 Å². The van der Waals surface area contributed by atoms with Gasteiger partial charge in [-0.3, -0.25) is 4.79 Å². The Kier molecular flexibility index (Phi) is 2.55. The minimum atomic E-state index is -1.94. The van der Waals surface area contributed by atoms with Crippen molar-refractivity contribution in [3.63, 3.8) is 0 Å². The Morgan fingerprint density at radius 1 is 1.25 bits per heavy atom. The van der Waals surface area contributed by atoms with Gasteiger partial charge in [-0.2, -0.15) is 0 Å². The third-order valence-corrected chi connectivity index (χ3v) is 6.62. The summed E-state index contributed by atoms with van der Waals surface area (Å²) in [5.74, 6) is -1.14. The van der Waals surface area contributed by atoms with E-state index in [4.69, 9.17) is 0 Å². The molecule has 0 bridgehead atoms. The summed E-state index contributed by atoms with van der Waals surface area (Å²) in [5.41, 5.74) is -3.84. The maximum Gasteiger partial charge on any atom is 0.313 e. The molecular formula is C15H24O5. The zero-order chi connectivity index (χ0) is 15.1. The van der Waals surface area contributed by atoms with Crippen molar-refractivity contribution in [3.8, 4) is 0 Å². The fraction of sp³-hybridized carbons (Fsp3) is 0.933. The summed E-state index contributed by atoms with van der Waals surface area (Å²) in [6, 6.07) is 0. The van der Waals surface area contributed by atoms with Crippen LogP contribution in [0, 0.1) is 28.1 Å². The van der Waals surface area contributed by atoms with Crippen LogP contribution in [-0.2, 0) is 4.79 Å². The Morgan fingerprint density at radius 2 is 1.85 bits per heavy atom. The number of carboxylic acid groups (broad SMARTS) is 1. The number of aliphatic hydroxyl groups excluding tert-OH is 2. The Balaban J connectivity index is 2.12. The van der Waals surface area contributed by atoms with Crippen LogP contribution < -0.4 is 0 Å². The molecule has 5 heteroatoms. The Hall–Kier alpha value is -0.650. The van der Waals surface area contributed by atoms with Gasteiger partial charge in [-0.15, -0.1) is 0 Å². The summed E-state index contributed by atoms with van der Waals surface area (Å²) in [7, 11) is 0. The largest absolute Gasteiger partial charge is 0.481 e. The maximum atomic E-state index is 11.8. The molecule has 3 saturated carbocycles. The predicted molar refractivity (Wildman–Crippen MR) is 70.8 cm³/mol. The molecule has 0 amide bonds. The second kappa shape index (κ2) is 3.57. The number of aliphatic hydroxyl groups is 3. The van der Waals surface area contributed by atoms with E-state index in [2.05, 4.69) is 13.8 Å². The molecule has 0 spiro atoms. The van der Waals surface area contributed by atoms with Gasteiger partial charge in [-0.1, -0.05) is 20.8 Å². The van der Waals surface area contributed by atoms with Crippen LogP contribution in [0.4, 0.5) is 0 Å². The SMILES string of the molecule is CC1(C)C[C@H]2[C@@H](C1)[C@]1(C)C[C@]1(C(=O)O)[C@](O)(CO)[C@@H]2O. The normalized spacial score (nSPS) is 56.0. The van der Waals surface area contributed by atoms with Gasteiger partial charge in [0.25, 0.3) is 0 Å². The van der Waals surface area contributed by atoms with Crippen molar-refractivity contribution < 1.29 is 25.2 Å². The lowest BCUT2D eigenvalue weighted by molar-refractivity contribution is -0.218. The van der Waals surface area contributed by atoms with Crippen LogP contribution in [0.3, 0.4) is 0 Å². The molecule has 5 nitrogen and oxygen atoms in total. The molecule has 4 N–H and O–H groups in total. The number of carbonyl (C=O) groups is 1. The fourth-order valence-corrected chi connectivity index (χ4v) is 5.58. The summed E-state index contributed by atoms with van der Waals surface area (Å²) in [6.45, 7) is 5.42. The van der Waals surface area contributed by atoms with E-state index in [0.717, 1.165) is 12.8 Å². The van der Waals surface area contributed by atoms with Crippen LogP contribution in [-0.4, -0.2) is 44.7 Å². The lowest BCUT2D eigenvalue weighted by Crippen LogP contribution is -2.64. The molecular weight excluding hydrogens is 260 g/mol. The van der Waals surface area contributed by atoms with Crippen LogP contribution in [0.15, 0.2) is 0 Å². The van der Waals surface area contributed by atoms with E-state index in [0.29, 0.717) is 6.42 Å². The van der Waals surface area contributed by atoms with Gasteiger partial charge in [-0.25, -0.2) is 0 Å². The van der Waals surface area contributed by atoms with E-state index >= 15 is 0 Å². The highest BCUT2D eigenvalue weighted by molar-refractivity contribution is 5.83. The van der Waals surface area contributed by atoms with Gasteiger partial charge < -0.3 is 20.4 Å². The van der Waals surface area contributed by atoms with E-state index in [9.17, 15) is 25.2 Å². The van der Waals surface area contributed by atoms with Crippen molar-refractivity contribution in [1.82, 2.24) is 0 Å². The highest BCUT2D eigenvalue weighted by Gasteiger charge is 2.86. The zero-order valence-corrected chi connectivity index (χ0v) is 12.3. The minimum Gasteiger partial charge on any atom is -0.481 e. The van der Waals surface area contributed by atoms with E-state index in [-0.39, 0.29) is 17.3 Å². The van der Waals surface area contributed by atoms with Crippen LogP contribution in [0.25, 0.3) is 0 Å². The number of hydrogen-bond donors (Lipinski definition) is 4. The first-order chi connectivity index (χ1) is 9.06. The lowest BCUT2D eigenvalue weighted by Gasteiger charge is -2.49. The fourth-order valence-electron chi connectivity index (χ4n) is 5.58. The topological polar surface area (TPSA) is 98.0 Å². The smallest absolute Gasteiger partial charge is 0.313 e. The Bertz CT molecular complexity index is 475. The molecule has 3 aliphatic rings. The highest BCUT2D eigenvalue weighted by atomic mass is 16.4. The second-order valence-electron chi connectivity index (χ2n) is 8.17. The summed E-state index contributed by atoms with van der Waals surface area (Å²) in [4.78, 5) is 11.8. The molecule has 3 fully saturated rings. The van der Waals surface area contributed by atoms with Crippen LogP contribution in [0.2, 0.25) is 0 Å². The highest BCUT2D eigenvalue weighted by Crippen LogP contribution is 2.80. The van der Waals surface area contributed by atoms with Crippen LogP contribution in [0.1, 0.15) is 40.0 Å². The molecule has 0 radical (unpaired) electrons. The van der Waals surface area contributed by atoms with Crippen molar-refractivity contribution in [3.05, 3.63) is 0 Å². The average Bonchev–Trinajstić information content (AvgIpc) is 2.88. The molecule has 3 rings (SSSR count). The van der Waals surface area contributed by atoms with Crippen LogP contribution >= 0.6 is 0 Å². The molecule has 0 unspecified atom stereocenters. The molecule has 0 aromatic rings. The lowest BCUT2D eigenvalue weighted by atomic mass is 9.60.